The third-order valence-electron chi connectivity index (χ3n) is 2.27. The molecule has 0 aromatic heterocycles. The summed E-state index contributed by atoms with van der Waals surface area (Å²) in [6.45, 7) is -0.119. The molecule has 88 valence electrons. The van der Waals surface area contributed by atoms with Crippen LogP contribution in [-0.4, -0.2) is 33.9 Å². The van der Waals surface area contributed by atoms with Gasteiger partial charge < -0.3 is 15.3 Å². The minimum Gasteiger partial charge on any atom is -0.481 e. The van der Waals surface area contributed by atoms with Crippen LogP contribution in [0.25, 0.3) is 0 Å². The lowest BCUT2D eigenvalue weighted by molar-refractivity contribution is -0.142. The van der Waals surface area contributed by atoms with Crippen molar-refractivity contribution in [3.05, 3.63) is 0 Å². The summed E-state index contributed by atoms with van der Waals surface area (Å²) in [7, 11) is 0. The molecule has 15 heavy (non-hydrogen) atoms. The van der Waals surface area contributed by atoms with Crippen LogP contribution in [0.4, 0.5) is 0 Å². The summed E-state index contributed by atoms with van der Waals surface area (Å²) in [6.07, 6.45) is 2.92. The van der Waals surface area contributed by atoms with E-state index < -0.39 is 17.9 Å². The van der Waals surface area contributed by atoms with Crippen molar-refractivity contribution in [1.82, 2.24) is 0 Å². The second-order valence-corrected chi connectivity index (χ2v) is 3.54. The Morgan fingerprint density at radius 2 is 1.67 bits per heavy atom. The predicted molar refractivity (Wildman–Crippen MR) is 53.5 cm³/mol. The Hall–Kier alpha value is -1.10. The SMILES string of the molecule is O=C(O)CCCCCC(CCO)C(=O)O. The fraction of sp³-hybridized carbons (Fsp3) is 0.800. The van der Waals surface area contributed by atoms with Gasteiger partial charge in [0.1, 0.15) is 0 Å². The molecule has 0 bridgehead atoms. The Kier molecular flexibility index (Phi) is 7.62. The molecular formula is C10H18O5. The van der Waals surface area contributed by atoms with Crippen LogP contribution in [0.3, 0.4) is 0 Å². The van der Waals surface area contributed by atoms with E-state index in [2.05, 4.69) is 0 Å². The van der Waals surface area contributed by atoms with E-state index in [1.165, 1.54) is 0 Å². The number of hydrogen-bond acceptors (Lipinski definition) is 3. The van der Waals surface area contributed by atoms with E-state index in [0.717, 1.165) is 6.42 Å². The molecule has 0 aliphatic rings. The van der Waals surface area contributed by atoms with Gasteiger partial charge in [-0.15, -0.1) is 0 Å². The maximum atomic E-state index is 10.7. The summed E-state index contributed by atoms with van der Waals surface area (Å²) in [6, 6.07) is 0. The first-order chi connectivity index (χ1) is 7.07. The monoisotopic (exact) mass is 218 g/mol. The van der Waals surface area contributed by atoms with Crippen LogP contribution in [0.1, 0.15) is 38.5 Å². The first-order valence-electron chi connectivity index (χ1n) is 5.13. The zero-order chi connectivity index (χ0) is 11.7. The van der Waals surface area contributed by atoms with Crippen LogP contribution in [0.5, 0.6) is 0 Å². The highest BCUT2D eigenvalue weighted by Crippen LogP contribution is 2.14. The minimum atomic E-state index is -0.887. The zero-order valence-corrected chi connectivity index (χ0v) is 8.69. The van der Waals surface area contributed by atoms with E-state index in [0.29, 0.717) is 19.3 Å². The summed E-state index contributed by atoms with van der Waals surface area (Å²) in [4.78, 5) is 20.8. The van der Waals surface area contributed by atoms with Crippen molar-refractivity contribution < 1.29 is 24.9 Å². The smallest absolute Gasteiger partial charge is 0.306 e. The largest absolute Gasteiger partial charge is 0.481 e. The number of carboxylic acid groups (broad SMARTS) is 2. The molecule has 5 nitrogen and oxygen atoms in total. The Morgan fingerprint density at radius 3 is 2.13 bits per heavy atom. The molecule has 0 heterocycles. The van der Waals surface area contributed by atoms with Crippen LogP contribution in [0, 0.1) is 5.92 Å². The van der Waals surface area contributed by atoms with E-state index in [9.17, 15) is 9.59 Å². The lowest BCUT2D eigenvalue weighted by Gasteiger charge is -2.09. The van der Waals surface area contributed by atoms with E-state index in [4.69, 9.17) is 15.3 Å². The van der Waals surface area contributed by atoms with Gasteiger partial charge in [0.15, 0.2) is 0 Å². The van der Waals surface area contributed by atoms with Crippen molar-refractivity contribution in [1.29, 1.82) is 0 Å². The molecule has 5 heteroatoms. The summed E-state index contributed by atoms with van der Waals surface area (Å²) >= 11 is 0. The van der Waals surface area contributed by atoms with Crippen molar-refractivity contribution in [2.45, 2.75) is 38.5 Å². The fourth-order valence-electron chi connectivity index (χ4n) is 1.39. The van der Waals surface area contributed by atoms with Gasteiger partial charge in [-0.3, -0.25) is 9.59 Å². The van der Waals surface area contributed by atoms with Gasteiger partial charge in [-0.25, -0.2) is 0 Å². The van der Waals surface area contributed by atoms with Gasteiger partial charge in [0, 0.05) is 13.0 Å². The van der Waals surface area contributed by atoms with Crippen LogP contribution in [-0.2, 0) is 9.59 Å². The number of aliphatic hydroxyl groups is 1. The Bertz CT molecular complexity index is 202. The van der Waals surface area contributed by atoms with Gasteiger partial charge >= 0.3 is 11.9 Å². The number of carbonyl (C=O) groups is 2. The lowest BCUT2D eigenvalue weighted by atomic mass is 9.98. The van der Waals surface area contributed by atoms with Gasteiger partial charge in [-0.1, -0.05) is 12.8 Å². The minimum absolute atomic E-state index is 0.119. The van der Waals surface area contributed by atoms with E-state index in [-0.39, 0.29) is 19.4 Å². The summed E-state index contributed by atoms with van der Waals surface area (Å²) in [5.74, 6) is -2.21. The molecule has 0 amide bonds. The van der Waals surface area contributed by atoms with Crippen molar-refractivity contribution >= 4 is 11.9 Å². The van der Waals surface area contributed by atoms with Crippen LogP contribution < -0.4 is 0 Å². The van der Waals surface area contributed by atoms with Gasteiger partial charge in [0.25, 0.3) is 0 Å². The third-order valence-corrected chi connectivity index (χ3v) is 2.27. The first-order valence-corrected chi connectivity index (χ1v) is 5.13. The highest BCUT2D eigenvalue weighted by molar-refractivity contribution is 5.69. The molecule has 0 saturated carbocycles. The maximum Gasteiger partial charge on any atom is 0.306 e. The van der Waals surface area contributed by atoms with Gasteiger partial charge in [0.2, 0.25) is 0 Å². The quantitative estimate of drug-likeness (QED) is 0.504. The molecule has 0 saturated heterocycles. The van der Waals surface area contributed by atoms with Gasteiger partial charge in [0.05, 0.1) is 5.92 Å². The number of rotatable bonds is 9. The number of hydrogen-bond donors (Lipinski definition) is 3. The number of carboxylic acids is 2. The molecule has 0 spiro atoms. The first kappa shape index (κ1) is 13.9. The average Bonchev–Trinajstić information content (AvgIpc) is 2.15. The standard InChI is InChI=1S/C10H18O5/c11-7-6-8(10(14)15)4-2-1-3-5-9(12)13/h8,11H,1-7H2,(H,12,13)(H,14,15). The molecule has 0 radical (unpaired) electrons. The van der Waals surface area contributed by atoms with Crippen LogP contribution in [0.2, 0.25) is 0 Å². The topological polar surface area (TPSA) is 94.8 Å². The Balaban J connectivity index is 3.53. The molecule has 0 fully saturated rings. The molecule has 0 aliphatic carbocycles. The highest BCUT2D eigenvalue weighted by atomic mass is 16.4. The second kappa shape index (κ2) is 8.23. The zero-order valence-electron chi connectivity index (χ0n) is 8.69. The van der Waals surface area contributed by atoms with Crippen molar-refractivity contribution in [3.8, 4) is 0 Å². The highest BCUT2D eigenvalue weighted by Gasteiger charge is 2.15. The Labute approximate surface area is 88.7 Å². The van der Waals surface area contributed by atoms with Crippen molar-refractivity contribution in [3.63, 3.8) is 0 Å². The molecule has 0 aromatic rings. The third kappa shape index (κ3) is 7.93. The molecule has 1 unspecified atom stereocenters. The predicted octanol–water partition coefficient (Wildman–Crippen LogP) is 1.10. The average molecular weight is 218 g/mol. The van der Waals surface area contributed by atoms with Crippen LogP contribution in [0.15, 0.2) is 0 Å². The second-order valence-electron chi connectivity index (χ2n) is 3.54. The lowest BCUT2D eigenvalue weighted by Crippen LogP contribution is -2.15. The summed E-state index contributed by atoms with van der Waals surface area (Å²) in [5.41, 5.74) is 0. The van der Waals surface area contributed by atoms with Gasteiger partial charge in [-0.2, -0.15) is 0 Å². The van der Waals surface area contributed by atoms with E-state index in [1.54, 1.807) is 0 Å². The molecule has 0 aromatic carbocycles. The van der Waals surface area contributed by atoms with E-state index in [1.807, 2.05) is 0 Å². The summed E-state index contributed by atoms with van der Waals surface area (Å²) < 4.78 is 0. The normalized spacial score (nSPS) is 12.3. The molecular weight excluding hydrogens is 200 g/mol. The Morgan fingerprint density at radius 1 is 1.00 bits per heavy atom. The number of aliphatic hydroxyl groups excluding tert-OH is 1. The molecule has 0 aliphatic heterocycles. The van der Waals surface area contributed by atoms with Crippen molar-refractivity contribution in [2.75, 3.05) is 6.61 Å². The molecule has 0 rings (SSSR count). The maximum absolute atomic E-state index is 10.7. The number of aliphatic carboxylic acids is 2. The van der Waals surface area contributed by atoms with Crippen LogP contribution >= 0.6 is 0 Å². The fourth-order valence-corrected chi connectivity index (χ4v) is 1.39. The molecule has 1 atom stereocenters. The van der Waals surface area contributed by atoms with Crippen molar-refractivity contribution in [2.24, 2.45) is 5.92 Å². The van der Waals surface area contributed by atoms with E-state index >= 15 is 0 Å². The number of unbranched alkanes of at least 4 members (excludes halogenated alkanes) is 2. The van der Waals surface area contributed by atoms with Gasteiger partial charge in [-0.05, 0) is 19.3 Å². The molecule has 3 N–H and O–H groups in total. The summed E-state index contributed by atoms with van der Waals surface area (Å²) in [5, 5.41) is 25.7.